The number of hydrogen-bond donors (Lipinski definition) is 0. The van der Waals surface area contributed by atoms with Crippen molar-refractivity contribution in [2.45, 2.75) is 13.3 Å². The molecule has 4 rings (SSSR count). The monoisotopic (exact) mass is 358 g/mol. The summed E-state index contributed by atoms with van der Waals surface area (Å²) in [6.07, 6.45) is 3.40. The summed E-state index contributed by atoms with van der Waals surface area (Å²) in [6, 6.07) is 15.0. The van der Waals surface area contributed by atoms with Gasteiger partial charge in [0, 0.05) is 35.2 Å². The molecular weight excluding hydrogens is 340 g/mol. The van der Waals surface area contributed by atoms with Gasteiger partial charge in [0.2, 0.25) is 0 Å². The lowest BCUT2D eigenvalue weighted by atomic mass is 10.0. The molecule has 0 atom stereocenters. The smallest absolute Gasteiger partial charge is 0.261 e. The summed E-state index contributed by atoms with van der Waals surface area (Å²) in [4.78, 5) is 31.2. The number of nitrogens with zero attached hydrogens (tertiary/aromatic N) is 2. The number of amides is 2. The number of carbonyl (C=O) groups excluding carboxylic acids is 2. The van der Waals surface area contributed by atoms with E-state index in [4.69, 9.17) is 4.74 Å². The lowest BCUT2D eigenvalue weighted by Crippen LogP contribution is -2.31. The first-order chi connectivity index (χ1) is 13.1. The third-order valence-electron chi connectivity index (χ3n) is 4.78. The Morgan fingerprint density at radius 1 is 1.04 bits per heavy atom. The molecule has 0 radical (unpaired) electrons. The third kappa shape index (κ3) is 2.87. The van der Waals surface area contributed by atoms with Crippen LogP contribution in [0.5, 0.6) is 5.75 Å². The topological polar surface area (TPSA) is 59.5 Å². The van der Waals surface area contributed by atoms with Crippen molar-refractivity contribution in [3.05, 3.63) is 77.5 Å². The lowest BCUT2D eigenvalue weighted by Gasteiger charge is -2.17. The van der Waals surface area contributed by atoms with Crippen LogP contribution in [0, 0.1) is 6.92 Å². The summed E-state index contributed by atoms with van der Waals surface area (Å²) in [7, 11) is 1.59. The van der Waals surface area contributed by atoms with Crippen LogP contribution in [0.1, 0.15) is 11.1 Å². The van der Waals surface area contributed by atoms with Crippen LogP contribution < -0.4 is 9.64 Å². The van der Waals surface area contributed by atoms with Crippen LogP contribution in [0.25, 0.3) is 10.9 Å². The maximum Gasteiger partial charge on any atom is 0.261 e. The molecule has 3 aromatic rings. The fourth-order valence-corrected chi connectivity index (χ4v) is 3.43. The highest BCUT2D eigenvalue weighted by atomic mass is 16.5. The molecule has 2 heterocycles. The van der Waals surface area contributed by atoms with Crippen LogP contribution >= 0.6 is 0 Å². The number of hydrogen-bond acceptors (Lipinski definition) is 4. The maximum absolute atomic E-state index is 13.0. The predicted molar refractivity (Wildman–Crippen MR) is 104 cm³/mol. The van der Waals surface area contributed by atoms with Crippen LogP contribution in [-0.2, 0) is 16.0 Å². The van der Waals surface area contributed by atoms with E-state index in [9.17, 15) is 9.59 Å². The Hall–Kier alpha value is -3.47. The Morgan fingerprint density at radius 2 is 1.85 bits per heavy atom. The quantitative estimate of drug-likeness (QED) is 0.669. The summed E-state index contributed by atoms with van der Waals surface area (Å²) in [5.41, 5.74) is 3.49. The van der Waals surface area contributed by atoms with Gasteiger partial charge < -0.3 is 4.74 Å². The van der Waals surface area contributed by atoms with Crippen molar-refractivity contribution in [2.75, 3.05) is 12.0 Å². The lowest BCUT2D eigenvalue weighted by molar-refractivity contribution is -0.120. The number of aryl methyl sites for hydroxylation is 1. The molecule has 134 valence electrons. The van der Waals surface area contributed by atoms with Gasteiger partial charge in [-0.2, -0.15) is 0 Å². The van der Waals surface area contributed by atoms with Crippen molar-refractivity contribution in [2.24, 2.45) is 0 Å². The van der Waals surface area contributed by atoms with Crippen molar-refractivity contribution in [1.82, 2.24) is 4.98 Å². The number of carbonyl (C=O) groups is 2. The van der Waals surface area contributed by atoms with Gasteiger partial charge in [0.1, 0.15) is 5.75 Å². The maximum atomic E-state index is 13.0. The number of pyridine rings is 1. The number of ether oxygens (including phenoxy) is 1. The van der Waals surface area contributed by atoms with E-state index >= 15 is 0 Å². The Labute approximate surface area is 156 Å². The van der Waals surface area contributed by atoms with E-state index in [0.29, 0.717) is 17.0 Å². The molecule has 0 saturated heterocycles. The second-order valence-electron chi connectivity index (χ2n) is 6.43. The van der Waals surface area contributed by atoms with E-state index in [1.807, 2.05) is 49.4 Å². The third-order valence-corrected chi connectivity index (χ3v) is 4.78. The van der Waals surface area contributed by atoms with Crippen LogP contribution in [0.4, 0.5) is 5.69 Å². The van der Waals surface area contributed by atoms with Crippen LogP contribution in [0.2, 0.25) is 0 Å². The number of para-hydroxylation sites is 1. The van der Waals surface area contributed by atoms with E-state index in [-0.39, 0.29) is 18.2 Å². The Morgan fingerprint density at radius 3 is 2.63 bits per heavy atom. The van der Waals surface area contributed by atoms with Crippen molar-refractivity contribution in [1.29, 1.82) is 0 Å². The largest absolute Gasteiger partial charge is 0.496 e. The molecule has 2 amide bonds. The number of benzene rings is 2. The molecular formula is C22H18N2O3. The second kappa shape index (κ2) is 6.68. The molecule has 1 aliphatic heterocycles. The minimum atomic E-state index is -0.323. The van der Waals surface area contributed by atoms with Gasteiger partial charge in [0.05, 0.1) is 18.3 Å². The summed E-state index contributed by atoms with van der Waals surface area (Å²) in [5, 5.41) is 0.960. The fraction of sp³-hybridized carbons (Fsp3) is 0.136. The molecule has 0 spiro atoms. The number of anilines is 1. The van der Waals surface area contributed by atoms with Gasteiger partial charge in [-0.3, -0.25) is 14.6 Å². The standard InChI is InChI=1S/C22H18N2O3/c1-14-6-3-4-8-18(14)24-20(25)13-16(22(24)26)12-17-19(27-2)10-9-15-7-5-11-23-21(15)17/h3-11,13H,12H2,1-2H3. The van der Waals surface area contributed by atoms with Crippen LogP contribution in [0.15, 0.2) is 66.4 Å². The molecule has 0 fully saturated rings. The van der Waals surface area contributed by atoms with Gasteiger partial charge in [-0.05, 0) is 36.8 Å². The number of aromatic nitrogens is 1. The summed E-state index contributed by atoms with van der Waals surface area (Å²) >= 11 is 0. The Balaban J connectivity index is 1.73. The van der Waals surface area contributed by atoms with Crippen LogP contribution in [-0.4, -0.2) is 23.9 Å². The average molecular weight is 358 g/mol. The number of rotatable bonds is 4. The Bertz CT molecular complexity index is 1100. The molecule has 0 aliphatic carbocycles. The first-order valence-corrected chi connectivity index (χ1v) is 8.65. The van der Waals surface area contributed by atoms with Gasteiger partial charge in [0.15, 0.2) is 0 Å². The average Bonchev–Trinajstić information content (AvgIpc) is 2.96. The fourth-order valence-electron chi connectivity index (χ4n) is 3.43. The first-order valence-electron chi connectivity index (χ1n) is 8.65. The highest BCUT2D eigenvalue weighted by Gasteiger charge is 2.33. The van der Waals surface area contributed by atoms with Gasteiger partial charge in [-0.15, -0.1) is 0 Å². The summed E-state index contributed by atoms with van der Waals surface area (Å²) in [6.45, 7) is 1.88. The van der Waals surface area contributed by atoms with Gasteiger partial charge in [-0.25, -0.2) is 4.90 Å². The first kappa shape index (κ1) is 17.0. The van der Waals surface area contributed by atoms with E-state index in [2.05, 4.69) is 4.98 Å². The number of imide groups is 1. The van der Waals surface area contributed by atoms with Crippen molar-refractivity contribution >= 4 is 28.4 Å². The molecule has 5 nitrogen and oxygen atoms in total. The van der Waals surface area contributed by atoms with Crippen molar-refractivity contribution in [3.8, 4) is 5.75 Å². The van der Waals surface area contributed by atoms with Crippen molar-refractivity contribution < 1.29 is 14.3 Å². The molecule has 0 saturated carbocycles. The predicted octanol–water partition coefficient (Wildman–Crippen LogP) is 3.59. The van der Waals surface area contributed by atoms with Gasteiger partial charge in [-0.1, -0.05) is 24.3 Å². The van der Waals surface area contributed by atoms with E-state index in [0.717, 1.165) is 22.0 Å². The molecule has 1 aliphatic rings. The molecule has 27 heavy (non-hydrogen) atoms. The zero-order valence-electron chi connectivity index (χ0n) is 15.1. The summed E-state index contributed by atoms with van der Waals surface area (Å²) < 4.78 is 5.48. The van der Waals surface area contributed by atoms with Gasteiger partial charge in [0.25, 0.3) is 11.8 Å². The summed E-state index contributed by atoms with van der Waals surface area (Å²) in [5.74, 6) is 0.0254. The minimum absolute atomic E-state index is 0.282. The normalized spacial score (nSPS) is 14.0. The zero-order valence-corrected chi connectivity index (χ0v) is 15.1. The molecule has 5 heteroatoms. The van der Waals surface area contributed by atoms with Crippen LogP contribution in [0.3, 0.4) is 0 Å². The van der Waals surface area contributed by atoms with Gasteiger partial charge >= 0.3 is 0 Å². The molecule has 1 aromatic heterocycles. The molecule has 0 N–H and O–H groups in total. The van der Waals surface area contributed by atoms with E-state index in [1.165, 1.54) is 11.0 Å². The number of fused-ring (bicyclic) bond motifs is 1. The zero-order chi connectivity index (χ0) is 19.0. The highest BCUT2D eigenvalue weighted by molar-refractivity contribution is 6.31. The Kier molecular flexibility index (Phi) is 4.20. The molecule has 2 aromatic carbocycles. The molecule has 0 unspecified atom stereocenters. The number of methoxy groups -OCH3 is 1. The van der Waals surface area contributed by atoms with E-state index < -0.39 is 0 Å². The highest BCUT2D eigenvalue weighted by Crippen LogP contribution is 2.32. The van der Waals surface area contributed by atoms with E-state index in [1.54, 1.807) is 19.4 Å². The SMILES string of the molecule is COc1ccc2cccnc2c1CC1=CC(=O)N(c2ccccc2C)C1=O. The molecule has 0 bridgehead atoms. The second-order valence-corrected chi connectivity index (χ2v) is 6.43. The van der Waals surface area contributed by atoms with Crippen molar-refractivity contribution in [3.63, 3.8) is 0 Å². The minimum Gasteiger partial charge on any atom is -0.496 e.